The van der Waals surface area contributed by atoms with Crippen LogP contribution in [0.3, 0.4) is 0 Å². The molecule has 1 heterocycles. The number of nitrogens with zero attached hydrogens (tertiary/aromatic N) is 2. The van der Waals surface area contributed by atoms with Gasteiger partial charge >= 0.3 is 0 Å². The zero-order chi connectivity index (χ0) is 15.2. The summed E-state index contributed by atoms with van der Waals surface area (Å²) >= 11 is 0. The first kappa shape index (κ1) is 15.0. The molecule has 5 heteroatoms. The quantitative estimate of drug-likeness (QED) is 0.865. The Bertz CT molecular complexity index is 552. The van der Waals surface area contributed by atoms with Gasteiger partial charge in [-0.3, -0.25) is 9.59 Å². The number of anilines is 1. The van der Waals surface area contributed by atoms with Crippen molar-refractivity contribution < 1.29 is 9.59 Å². The molecule has 0 aliphatic carbocycles. The van der Waals surface area contributed by atoms with Gasteiger partial charge in [-0.2, -0.15) is 5.26 Å². The van der Waals surface area contributed by atoms with E-state index in [0.29, 0.717) is 17.2 Å². The van der Waals surface area contributed by atoms with Crippen LogP contribution in [0.5, 0.6) is 0 Å². The minimum atomic E-state index is -0.316. The van der Waals surface area contributed by atoms with Crippen LogP contribution in [0, 0.1) is 17.2 Å². The van der Waals surface area contributed by atoms with Crippen LogP contribution in [0.4, 0.5) is 5.69 Å². The second-order valence-electron chi connectivity index (χ2n) is 5.48. The molecular weight excluding hydrogens is 266 g/mol. The highest BCUT2D eigenvalue weighted by atomic mass is 16.2. The van der Waals surface area contributed by atoms with Crippen LogP contribution in [-0.2, 0) is 9.59 Å². The Morgan fingerprint density at radius 3 is 2.48 bits per heavy atom. The summed E-state index contributed by atoms with van der Waals surface area (Å²) in [6.45, 7) is 3.66. The molecule has 0 bridgehead atoms. The number of benzene rings is 1. The van der Waals surface area contributed by atoms with E-state index in [1.165, 1.54) is 0 Å². The largest absolute Gasteiger partial charge is 0.342 e. The summed E-state index contributed by atoms with van der Waals surface area (Å²) in [5, 5.41) is 11.4. The van der Waals surface area contributed by atoms with Crippen molar-refractivity contribution in [2.75, 3.05) is 18.4 Å². The predicted molar refractivity (Wildman–Crippen MR) is 79.4 cm³/mol. The molecule has 1 fully saturated rings. The Kier molecular flexibility index (Phi) is 4.94. The van der Waals surface area contributed by atoms with Gasteiger partial charge in [-0.1, -0.05) is 6.92 Å². The van der Waals surface area contributed by atoms with E-state index < -0.39 is 0 Å². The van der Waals surface area contributed by atoms with Crippen molar-refractivity contribution in [2.24, 2.45) is 5.92 Å². The molecule has 2 rings (SSSR count). The topological polar surface area (TPSA) is 73.2 Å². The maximum absolute atomic E-state index is 12.0. The molecule has 0 saturated carbocycles. The number of hydrogen-bond donors (Lipinski definition) is 1. The van der Waals surface area contributed by atoms with Crippen LogP contribution in [0.15, 0.2) is 24.3 Å². The number of hydrogen-bond acceptors (Lipinski definition) is 3. The molecule has 110 valence electrons. The van der Waals surface area contributed by atoms with Gasteiger partial charge in [0.15, 0.2) is 0 Å². The fourth-order valence-electron chi connectivity index (χ4n) is 2.34. The molecule has 0 radical (unpaired) electrons. The van der Waals surface area contributed by atoms with Gasteiger partial charge in [0, 0.05) is 18.8 Å². The molecule has 2 amide bonds. The smallest absolute Gasteiger partial charge is 0.233 e. The van der Waals surface area contributed by atoms with Crippen LogP contribution in [0.1, 0.15) is 31.7 Å². The Hall–Kier alpha value is -2.35. The molecule has 1 aliphatic rings. The summed E-state index contributed by atoms with van der Waals surface area (Å²) in [7, 11) is 0. The number of amides is 2. The number of carbonyl (C=O) groups excluding carboxylic acids is 2. The van der Waals surface area contributed by atoms with Crippen molar-refractivity contribution in [3.8, 4) is 6.07 Å². The summed E-state index contributed by atoms with van der Waals surface area (Å²) < 4.78 is 0. The van der Waals surface area contributed by atoms with Crippen LogP contribution in [-0.4, -0.2) is 29.8 Å². The number of nitriles is 1. The van der Waals surface area contributed by atoms with E-state index in [4.69, 9.17) is 5.26 Å². The number of likely N-dealkylation sites (tertiary alicyclic amines) is 1. The van der Waals surface area contributed by atoms with Crippen molar-refractivity contribution in [1.29, 1.82) is 5.26 Å². The Labute approximate surface area is 124 Å². The van der Waals surface area contributed by atoms with Gasteiger partial charge in [-0.05, 0) is 43.0 Å². The fraction of sp³-hybridized carbons (Fsp3) is 0.438. The Balaban J connectivity index is 1.83. The first-order valence-corrected chi connectivity index (χ1v) is 7.16. The summed E-state index contributed by atoms with van der Waals surface area (Å²) in [4.78, 5) is 25.7. The van der Waals surface area contributed by atoms with E-state index in [2.05, 4.69) is 12.2 Å². The molecule has 5 nitrogen and oxygen atoms in total. The van der Waals surface area contributed by atoms with Crippen molar-refractivity contribution >= 4 is 17.5 Å². The van der Waals surface area contributed by atoms with Crippen molar-refractivity contribution in [1.82, 2.24) is 4.90 Å². The Morgan fingerprint density at radius 1 is 1.29 bits per heavy atom. The molecule has 0 spiro atoms. The van der Waals surface area contributed by atoms with E-state index in [9.17, 15) is 9.59 Å². The average molecular weight is 285 g/mol. The van der Waals surface area contributed by atoms with Gasteiger partial charge in [0.1, 0.15) is 6.42 Å². The van der Waals surface area contributed by atoms with Crippen molar-refractivity contribution in [2.45, 2.75) is 26.2 Å². The molecular formula is C16H19N3O2. The van der Waals surface area contributed by atoms with E-state index in [-0.39, 0.29) is 18.2 Å². The molecule has 0 atom stereocenters. The van der Waals surface area contributed by atoms with Gasteiger partial charge in [0.05, 0.1) is 11.6 Å². The van der Waals surface area contributed by atoms with E-state index in [0.717, 1.165) is 25.9 Å². The minimum absolute atomic E-state index is 0.118. The highest BCUT2D eigenvalue weighted by molar-refractivity contribution is 6.03. The minimum Gasteiger partial charge on any atom is -0.342 e. The molecule has 1 aliphatic heterocycles. The zero-order valence-electron chi connectivity index (χ0n) is 12.1. The summed E-state index contributed by atoms with van der Waals surface area (Å²) in [5.41, 5.74) is 1.13. The molecule has 1 aromatic rings. The van der Waals surface area contributed by atoms with Crippen LogP contribution < -0.4 is 5.32 Å². The van der Waals surface area contributed by atoms with Gasteiger partial charge < -0.3 is 10.2 Å². The normalized spacial score (nSPS) is 15.3. The highest BCUT2D eigenvalue weighted by Gasteiger charge is 2.22. The predicted octanol–water partition coefficient (Wildman–Crippen LogP) is 2.15. The molecule has 21 heavy (non-hydrogen) atoms. The maximum Gasteiger partial charge on any atom is 0.233 e. The lowest BCUT2D eigenvalue weighted by atomic mass is 9.99. The number of rotatable bonds is 3. The zero-order valence-corrected chi connectivity index (χ0v) is 12.1. The summed E-state index contributed by atoms with van der Waals surface area (Å²) in [5.74, 6) is 0.220. The summed E-state index contributed by atoms with van der Waals surface area (Å²) in [6.07, 6.45) is 1.88. The van der Waals surface area contributed by atoms with Gasteiger partial charge in [0.25, 0.3) is 0 Å². The lowest BCUT2D eigenvalue weighted by Gasteiger charge is -2.30. The maximum atomic E-state index is 12.0. The van der Waals surface area contributed by atoms with Gasteiger partial charge in [-0.25, -0.2) is 0 Å². The average Bonchev–Trinajstić information content (AvgIpc) is 2.48. The van der Waals surface area contributed by atoms with Crippen LogP contribution in [0.25, 0.3) is 0 Å². The van der Waals surface area contributed by atoms with Crippen molar-refractivity contribution in [3.63, 3.8) is 0 Å². The molecule has 1 N–H and O–H groups in total. The molecule has 1 saturated heterocycles. The molecule has 1 aromatic carbocycles. The van der Waals surface area contributed by atoms with E-state index >= 15 is 0 Å². The van der Waals surface area contributed by atoms with E-state index in [1.54, 1.807) is 29.2 Å². The second kappa shape index (κ2) is 6.89. The molecule has 0 unspecified atom stereocenters. The lowest BCUT2D eigenvalue weighted by molar-refractivity contribution is -0.135. The number of nitrogens with one attached hydrogen (secondary N) is 1. The molecule has 0 aromatic heterocycles. The first-order chi connectivity index (χ1) is 10.1. The SMILES string of the molecule is CC1CCN(C(=O)CC(=O)Nc2ccc(C#N)cc2)CC1. The lowest BCUT2D eigenvalue weighted by Crippen LogP contribution is -2.39. The van der Waals surface area contributed by atoms with Crippen LogP contribution in [0.2, 0.25) is 0 Å². The third-order valence-corrected chi connectivity index (χ3v) is 3.75. The standard InChI is InChI=1S/C16H19N3O2/c1-12-6-8-19(9-7-12)16(21)10-15(20)18-14-4-2-13(11-17)3-5-14/h2-5,12H,6-10H2,1H3,(H,18,20). The van der Waals surface area contributed by atoms with Gasteiger partial charge in [0.2, 0.25) is 11.8 Å². The van der Waals surface area contributed by atoms with Crippen molar-refractivity contribution in [3.05, 3.63) is 29.8 Å². The van der Waals surface area contributed by atoms with Crippen LogP contribution >= 0.6 is 0 Å². The first-order valence-electron chi connectivity index (χ1n) is 7.16. The third kappa shape index (κ3) is 4.32. The monoisotopic (exact) mass is 285 g/mol. The second-order valence-corrected chi connectivity index (χ2v) is 5.48. The number of carbonyl (C=O) groups is 2. The van der Waals surface area contributed by atoms with Gasteiger partial charge in [-0.15, -0.1) is 0 Å². The summed E-state index contributed by atoms with van der Waals surface area (Å²) in [6, 6.07) is 8.58. The highest BCUT2D eigenvalue weighted by Crippen LogP contribution is 2.17. The third-order valence-electron chi connectivity index (χ3n) is 3.75. The number of piperidine rings is 1. The fourth-order valence-corrected chi connectivity index (χ4v) is 2.34. The Morgan fingerprint density at radius 2 is 1.90 bits per heavy atom. The van der Waals surface area contributed by atoms with E-state index in [1.807, 2.05) is 6.07 Å².